The Morgan fingerprint density at radius 3 is 2.70 bits per heavy atom. The maximum Gasteiger partial charge on any atom is 0.405 e. The van der Waals surface area contributed by atoms with E-state index in [0.29, 0.717) is 11.4 Å². The van der Waals surface area contributed by atoms with Crippen LogP contribution in [0.5, 0.6) is 5.88 Å². The number of hydrogen-bond donors (Lipinski definition) is 1. The smallest absolute Gasteiger partial charge is 0.405 e. The highest BCUT2D eigenvalue weighted by Gasteiger charge is 2.39. The van der Waals surface area contributed by atoms with Gasteiger partial charge in [0.2, 0.25) is 5.88 Å². The Balaban J connectivity index is 2.60. The predicted molar refractivity (Wildman–Crippen MR) is 66.9 cm³/mol. The summed E-state index contributed by atoms with van der Waals surface area (Å²) in [5, 5.41) is 11.1. The first kappa shape index (κ1) is 16.2. The Morgan fingerprint density at radius 2 is 2.15 bits per heavy atom. The third kappa shape index (κ3) is 5.05. The number of nitrogens with zero attached hydrogens (tertiary/aromatic N) is 2. The van der Waals surface area contributed by atoms with E-state index in [1.807, 2.05) is 13.8 Å². The number of nitrogens with one attached hydrogen (secondary N) is 1. The third-order valence-corrected chi connectivity index (χ3v) is 2.41. The van der Waals surface area contributed by atoms with Gasteiger partial charge in [0.15, 0.2) is 5.92 Å². The number of ether oxygens (including phenoxy) is 1. The Kier molecular flexibility index (Phi) is 5.77. The molecule has 1 unspecified atom stereocenters. The van der Waals surface area contributed by atoms with Crippen LogP contribution in [0, 0.1) is 17.2 Å². The molecule has 0 bridgehead atoms. The molecule has 0 fully saturated rings. The molecule has 4 nitrogen and oxygen atoms in total. The summed E-state index contributed by atoms with van der Waals surface area (Å²) in [6.07, 6.45) is -3.05. The van der Waals surface area contributed by atoms with E-state index in [1.54, 1.807) is 18.3 Å². The molecule has 0 saturated heterocycles. The molecule has 1 heterocycles. The molecule has 0 aliphatic carbocycles. The van der Waals surface area contributed by atoms with Crippen LogP contribution >= 0.6 is 0 Å². The molecular formula is C13H16F3N3O. The van der Waals surface area contributed by atoms with Crippen molar-refractivity contribution in [3.05, 3.63) is 23.9 Å². The predicted octanol–water partition coefficient (Wildman–Crippen LogP) is 2.66. The fourth-order valence-electron chi connectivity index (χ4n) is 1.47. The maximum absolute atomic E-state index is 12.4. The van der Waals surface area contributed by atoms with Gasteiger partial charge < -0.3 is 10.1 Å². The van der Waals surface area contributed by atoms with Crippen molar-refractivity contribution in [2.24, 2.45) is 5.92 Å². The summed E-state index contributed by atoms with van der Waals surface area (Å²) in [6, 6.07) is 4.63. The maximum atomic E-state index is 12.4. The summed E-state index contributed by atoms with van der Waals surface area (Å²) in [4.78, 5) is 4.04. The number of nitriles is 1. The van der Waals surface area contributed by atoms with Crippen molar-refractivity contribution in [3.63, 3.8) is 0 Å². The summed E-state index contributed by atoms with van der Waals surface area (Å²) in [5.41, 5.74) is 0.653. The van der Waals surface area contributed by atoms with Crippen molar-refractivity contribution < 1.29 is 17.9 Å². The number of aromatic nitrogens is 1. The van der Waals surface area contributed by atoms with Gasteiger partial charge in [0, 0.05) is 24.8 Å². The van der Waals surface area contributed by atoms with Gasteiger partial charge in [-0.3, -0.25) is 0 Å². The molecule has 0 spiro atoms. The number of pyridine rings is 1. The van der Waals surface area contributed by atoms with Gasteiger partial charge in [-0.15, -0.1) is 0 Å². The molecular weight excluding hydrogens is 271 g/mol. The van der Waals surface area contributed by atoms with Crippen molar-refractivity contribution in [2.75, 3.05) is 6.54 Å². The minimum absolute atomic E-state index is 0.0781. The molecule has 20 heavy (non-hydrogen) atoms. The standard InChI is InChI=1S/C13H16F3N3O/c1-9(2)20-12-10(4-3-5-19-12)7-18-8-11(6-17)13(14,15)16/h3-5,9,11,18H,7-8H2,1-2H3. The quantitative estimate of drug-likeness (QED) is 0.874. The van der Waals surface area contributed by atoms with Gasteiger partial charge in [0.25, 0.3) is 0 Å². The Morgan fingerprint density at radius 1 is 1.45 bits per heavy atom. The lowest BCUT2D eigenvalue weighted by molar-refractivity contribution is -0.157. The summed E-state index contributed by atoms with van der Waals surface area (Å²) in [7, 11) is 0. The molecule has 1 atom stereocenters. The highest BCUT2D eigenvalue weighted by molar-refractivity contribution is 5.25. The van der Waals surface area contributed by atoms with Gasteiger partial charge in [-0.25, -0.2) is 4.98 Å². The van der Waals surface area contributed by atoms with Crippen LogP contribution in [-0.2, 0) is 6.54 Å². The van der Waals surface area contributed by atoms with E-state index in [-0.39, 0.29) is 12.6 Å². The second-order valence-corrected chi connectivity index (χ2v) is 4.49. The second-order valence-electron chi connectivity index (χ2n) is 4.49. The van der Waals surface area contributed by atoms with Gasteiger partial charge in [0.1, 0.15) is 0 Å². The molecule has 1 aromatic rings. The van der Waals surface area contributed by atoms with E-state index in [9.17, 15) is 13.2 Å². The highest BCUT2D eigenvalue weighted by Crippen LogP contribution is 2.25. The van der Waals surface area contributed by atoms with E-state index < -0.39 is 18.6 Å². The zero-order valence-corrected chi connectivity index (χ0v) is 11.2. The van der Waals surface area contributed by atoms with Gasteiger partial charge in [0.05, 0.1) is 12.2 Å². The lowest BCUT2D eigenvalue weighted by atomic mass is 10.1. The van der Waals surface area contributed by atoms with Crippen molar-refractivity contribution in [3.8, 4) is 11.9 Å². The van der Waals surface area contributed by atoms with E-state index in [2.05, 4.69) is 10.3 Å². The summed E-state index contributed by atoms with van der Waals surface area (Å²) in [6.45, 7) is 3.36. The van der Waals surface area contributed by atoms with Crippen LogP contribution in [0.15, 0.2) is 18.3 Å². The molecule has 0 aliphatic rings. The first-order valence-electron chi connectivity index (χ1n) is 6.12. The van der Waals surface area contributed by atoms with Crippen LogP contribution in [0.3, 0.4) is 0 Å². The lowest BCUT2D eigenvalue weighted by Crippen LogP contribution is -2.32. The van der Waals surface area contributed by atoms with Crippen LogP contribution in [-0.4, -0.2) is 23.8 Å². The monoisotopic (exact) mass is 287 g/mol. The molecule has 7 heteroatoms. The molecule has 0 saturated carbocycles. The van der Waals surface area contributed by atoms with Crippen LogP contribution in [0.25, 0.3) is 0 Å². The van der Waals surface area contributed by atoms with Crippen molar-refractivity contribution in [2.45, 2.75) is 32.7 Å². The van der Waals surface area contributed by atoms with Gasteiger partial charge in [-0.1, -0.05) is 6.07 Å². The molecule has 1 N–H and O–H groups in total. The minimum Gasteiger partial charge on any atom is -0.475 e. The Labute approximate surface area is 115 Å². The lowest BCUT2D eigenvalue weighted by Gasteiger charge is -2.15. The van der Waals surface area contributed by atoms with Gasteiger partial charge >= 0.3 is 6.18 Å². The molecule has 1 aromatic heterocycles. The van der Waals surface area contributed by atoms with Gasteiger partial charge in [-0.2, -0.15) is 18.4 Å². The van der Waals surface area contributed by atoms with Crippen molar-refractivity contribution >= 4 is 0 Å². The molecule has 1 rings (SSSR count). The topological polar surface area (TPSA) is 57.9 Å². The largest absolute Gasteiger partial charge is 0.475 e. The third-order valence-electron chi connectivity index (χ3n) is 2.41. The molecule has 110 valence electrons. The fraction of sp³-hybridized carbons (Fsp3) is 0.538. The van der Waals surface area contributed by atoms with E-state index in [1.165, 1.54) is 6.07 Å². The van der Waals surface area contributed by atoms with E-state index in [4.69, 9.17) is 10.00 Å². The van der Waals surface area contributed by atoms with Crippen LogP contribution in [0.1, 0.15) is 19.4 Å². The summed E-state index contributed by atoms with van der Waals surface area (Å²) < 4.78 is 42.7. The Bertz CT molecular complexity index is 469. The summed E-state index contributed by atoms with van der Waals surface area (Å²) >= 11 is 0. The molecule has 0 aliphatic heterocycles. The highest BCUT2D eigenvalue weighted by atomic mass is 19.4. The van der Waals surface area contributed by atoms with E-state index in [0.717, 1.165) is 0 Å². The molecule has 0 amide bonds. The number of hydrogen-bond acceptors (Lipinski definition) is 4. The van der Waals surface area contributed by atoms with Gasteiger partial charge in [-0.05, 0) is 19.9 Å². The Hall–Kier alpha value is -1.81. The van der Waals surface area contributed by atoms with Crippen LogP contribution in [0.2, 0.25) is 0 Å². The zero-order valence-electron chi connectivity index (χ0n) is 11.2. The van der Waals surface area contributed by atoms with Crippen LogP contribution < -0.4 is 10.1 Å². The SMILES string of the molecule is CC(C)Oc1ncccc1CNCC(C#N)C(F)(F)F. The fourth-order valence-corrected chi connectivity index (χ4v) is 1.47. The number of halogens is 3. The average molecular weight is 287 g/mol. The number of alkyl halides is 3. The number of rotatable bonds is 6. The minimum atomic E-state index is -4.52. The first-order chi connectivity index (χ1) is 9.34. The van der Waals surface area contributed by atoms with Crippen LogP contribution in [0.4, 0.5) is 13.2 Å². The first-order valence-corrected chi connectivity index (χ1v) is 6.12. The molecule has 0 aromatic carbocycles. The average Bonchev–Trinajstić information content (AvgIpc) is 2.34. The zero-order chi connectivity index (χ0) is 15.2. The van der Waals surface area contributed by atoms with E-state index >= 15 is 0 Å². The molecule has 0 radical (unpaired) electrons. The second kappa shape index (κ2) is 7.10. The van der Waals surface area contributed by atoms with Crippen molar-refractivity contribution in [1.29, 1.82) is 5.26 Å². The summed E-state index contributed by atoms with van der Waals surface area (Å²) in [5.74, 6) is -1.64. The van der Waals surface area contributed by atoms with Crippen molar-refractivity contribution in [1.82, 2.24) is 10.3 Å². The normalized spacial score (nSPS) is 13.1.